The first-order valence-corrected chi connectivity index (χ1v) is 5.04. The predicted octanol–water partition coefficient (Wildman–Crippen LogP) is 1.51. The predicted molar refractivity (Wildman–Crippen MR) is 62.3 cm³/mol. The molecule has 0 aliphatic heterocycles. The van der Waals surface area contributed by atoms with Crippen LogP contribution >= 0.6 is 0 Å². The van der Waals surface area contributed by atoms with Crippen molar-refractivity contribution in [3.8, 4) is 5.75 Å². The molecule has 16 heavy (non-hydrogen) atoms. The highest BCUT2D eigenvalue weighted by Crippen LogP contribution is 2.19. The van der Waals surface area contributed by atoms with E-state index in [1.807, 2.05) is 24.3 Å². The molecule has 0 atom stereocenters. The Morgan fingerprint density at radius 1 is 1.44 bits per heavy atom. The average Bonchev–Trinajstić information content (AvgIpc) is 2.28. The van der Waals surface area contributed by atoms with Gasteiger partial charge in [-0.1, -0.05) is 30.4 Å². The molecular weight excluding hydrogens is 206 g/mol. The summed E-state index contributed by atoms with van der Waals surface area (Å²) in [5, 5.41) is 8.52. The number of benzene rings is 1. The van der Waals surface area contributed by atoms with Gasteiger partial charge < -0.3 is 15.6 Å². The van der Waals surface area contributed by atoms with Crippen LogP contribution in [-0.4, -0.2) is 24.2 Å². The standard InChI is InChI=1S/C12H15NO3/c13-8-4-3-6-10-5-1-2-7-11(10)16-9-12(14)15/h1-3,5-7H,4,8-9,13H2,(H,14,15). The van der Waals surface area contributed by atoms with E-state index in [1.54, 1.807) is 12.1 Å². The molecule has 4 heteroatoms. The number of carboxylic acid groups (broad SMARTS) is 1. The Morgan fingerprint density at radius 2 is 2.19 bits per heavy atom. The molecule has 0 saturated carbocycles. The number of para-hydroxylation sites is 1. The number of aliphatic carboxylic acids is 1. The van der Waals surface area contributed by atoms with Crippen LogP contribution in [-0.2, 0) is 4.79 Å². The van der Waals surface area contributed by atoms with Crippen LogP contribution in [0.15, 0.2) is 30.3 Å². The molecule has 3 N–H and O–H groups in total. The molecule has 0 amide bonds. The number of nitrogens with two attached hydrogens (primary N) is 1. The molecular formula is C12H15NO3. The fraction of sp³-hybridized carbons (Fsp3) is 0.250. The molecule has 0 unspecified atom stereocenters. The Bertz CT molecular complexity index is 374. The van der Waals surface area contributed by atoms with Gasteiger partial charge in [0, 0.05) is 5.56 Å². The van der Waals surface area contributed by atoms with Gasteiger partial charge in [-0.3, -0.25) is 0 Å². The average molecular weight is 221 g/mol. The van der Waals surface area contributed by atoms with Crippen molar-refractivity contribution in [1.29, 1.82) is 0 Å². The summed E-state index contributed by atoms with van der Waals surface area (Å²) in [5.74, 6) is -0.418. The molecule has 0 aliphatic carbocycles. The normalized spacial score (nSPS) is 10.6. The van der Waals surface area contributed by atoms with E-state index in [0.717, 1.165) is 12.0 Å². The van der Waals surface area contributed by atoms with Crippen molar-refractivity contribution in [3.05, 3.63) is 35.9 Å². The highest BCUT2D eigenvalue weighted by atomic mass is 16.5. The van der Waals surface area contributed by atoms with Gasteiger partial charge in [0.05, 0.1) is 0 Å². The number of carboxylic acids is 1. The maximum atomic E-state index is 10.4. The van der Waals surface area contributed by atoms with Gasteiger partial charge in [-0.25, -0.2) is 4.79 Å². The van der Waals surface area contributed by atoms with Crippen molar-refractivity contribution in [2.24, 2.45) is 5.73 Å². The fourth-order valence-corrected chi connectivity index (χ4v) is 1.20. The van der Waals surface area contributed by atoms with Crippen LogP contribution in [0.2, 0.25) is 0 Å². The van der Waals surface area contributed by atoms with E-state index >= 15 is 0 Å². The molecule has 0 spiro atoms. The molecule has 0 fully saturated rings. The van der Waals surface area contributed by atoms with Crippen molar-refractivity contribution < 1.29 is 14.6 Å². The summed E-state index contributed by atoms with van der Waals surface area (Å²) in [6.07, 6.45) is 4.60. The SMILES string of the molecule is NCCC=Cc1ccccc1OCC(=O)O. The molecule has 0 saturated heterocycles. The van der Waals surface area contributed by atoms with Crippen molar-refractivity contribution in [2.45, 2.75) is 6.42 Å². The molecule has 4 nitrogen and oxygen atoms in total. The molecule has 1 aromatic rings. The highest BCUT2D eigenvalue weighted by molar-refractivity contribution is 5.69. The summed E-state index contributed by atoms with van der Waals surface area (Å²) in [7, 11) is 0. The molecule has 1 aromatic carbocycles. The Kier molecular flexibility index (Phi) is 5.08. The Balaban J connectivity index is 2.71. The lowest BCUT2D eigenvalue weighted by Gasteiger charge is -2.06. The Morgan fingerprint density at radius 3 is 2.88 bits per heavy atom. The largest absolute Gasteiger partial charge is 0.481 e. The molecule has 1 rings (SSSR count). The Hall–Kier alpha value is -1.81. The quantitative estimate of drug-likeness (QED) is 0.763. The van der Waals surface area contributed by atoms with Crippen LogP contribution in [0.3, 0.4) is 0 Å². The van der Waals surface area contributed by atoms with Crippen molar-refractivity contribution in [3.63, 3.8) is 0 Å². The van der Waals surface area contributed by atoms with Gasteiger partial charge in [-0.2, -0.15) is 0 Å². The first kappa shape index (κ1) is 12.3. The van der Waals surface area contributed by atoms with Gasteiger partial charge in [-0.15, -0.1) is 0 Å². The molecule has 0 bridgehead atoms. The Labute approximate surface area is 94.3 Å². The molecule has 0 radical (unpaired) electrons. The van der Waals surface area contributed by atoms with Crippen LogP contribution in [0.4, 0.5) is 0 Å². The summed E-state index contributed by atoms with van der Waals surface area (Å²) in [5.41, 5.74) is 6.23. The molecule has 86 valence electrons. The third kappa shape index (κ3) is 4.14. The van der Waals surface area contributed by atoms with Gasteiger partial charge >= 0.3 is 5.97 Å². The van der Waals surface area contributed by atoms with E-state index in [0.29, 0.717) is 12.3 Å². The molecule has 0 heterocycles. The minimum atomic E-state index is -0.985. The van der Waals surface area contributed by atoms with E-state index in [1.165, 1.54) is 0 Å². The highest BCUT2D eigenvalue weighted by Gasteiger charge is 2.02. The van der Waals surface area contributed by atoms with Crippen LogP contribution < -0.4 is 10.5 Å². The fourth-order valence-electron chi connectivity index (χ4n) is 1.20. The minimum absolute atomic E-state index is 0.332. The topological polar surface area (TPSA) is 72.5 Å². The lowest BCUT2D eigenvalue weighted by atomic mass is 10.2. The third-order valence-corrected chi connectivity index (χ3v) is 1.90. The van der Waals surface area contributed by atoms with Crippen LogP contribution in [0.5, 0.6) is 5.75 Å². The summed E-state index contributed by atoms with van der Waals surface area (Å²) in [4.78, 5) is 10.4. The second-order valence-electron chi connectivity index (χ2n) is 3.20. The lowest BCUT2D eigenvalue weighted by molar-refractivity contribution is -0.139. The number of hydrogen-bond acceptors (Lipinski definition) is 3. The first-order valence-electron chi connectivity index (χ1n) is 5.04. The minimum Gasteiger partial charge on any atom is -0.481 e. The van der Waals surface area contributed by atoms with Crippen molar-refractivity contribution in [1.82, 2.24) is 0 Å². The second-order valence-corrected chi connectivity index (χ2v) is 3.20. The van der Waals surface area contributed by atoms with Crippen molar-refractivity contribution >= 4 is 12.0 Å². The zero-order chi connectivity index (χ0) is 11.8. The smallest absolute Gasteiger partial charge is 0.341 e. The first-order chi connectivity index (χ1) is 7.74. The maximum Gasteiger partial charge on any atom is 0.341 e. The van der Waals surface area contributed by atoms with Crippen molar-refractivity contribution in [2.75, 3.05) is 13.2 Å². The monoisotopic (exact) mass is 221 g/mol. The second kappa shape index (κ2) is 6.63. The summed E-state index contributed by atoms with van der Waals surface area (Å²) >= 11 is 0. The number of ether oxygens (including phenoxy) is 1. The van der Waals surface area contributed by atoms with Crippen LogP contribution in [0, 0.1) is 0 Å². The van der Waals surface area contributed by atoms with Gasteiger partial charge in [0.15, 0.2) is 6.61 Å². The number of hydrogen-bond donors (Lipinski definition) is 2. The van der Waals surface area contributed by atoms with Gasteiger partial charge in [0.25, 0.3) is 0 Å². The summed E-state index contributed by atoms with van der Waals surface area (Å²) in [6, 6.07) is 7.28. The van der Waals surface area contributed by atoms with E-state index in [2.05, 4.69) is 0 Å². The van der Waals surface area contributed by atoms with Gasteiger partial charge in [-0.05, 0) is 19.0 Å². The lowest BCUT2D eigenvalue weighted by Crippen LogP contribution is -2.09. The van der Waals surface area contributed by atoms with E-state index in [4.69, 9.17) is 15.6 Å². The van der Waals surface area contributed by atoms with Crippen LogP contribution in [0.25, 0.3) is 6.08 Å². The third-order valence-electron chi connectivity index (χ3n) is 1.90. The molecule has 0 aromatic heterocycles. The molecule has 0 aliphatic rings. The number of carbonyl (C=O) groups is 1. The van der Waals surface area contributed by atoms with E-state index < -0.39 is 5.97 Å². The zero-order valence-electron chi connectivity index (χ0n) is 8.93. The summed E-state index contributed by atoms with van der Waals surface area (Å²) < 4.78 is 5.15. The van der Waals surface area contributed by atoms with Gasteiger partial charge in [0.1, 0.15) is 5.75 Å². The summed E-state index contributed by atoms with van der Waals surface area (Å²) in [6.45, 7) is 0.260. The van der Waals surface area contributed by atoms with E-state index in [9.17, 15) is 4.79 Å². The number of rotatable bonds is 6. The zero-order valence-corrected chi connectivity index (χ0v) is 8.93. The van der Waals surface area contributed by atoms with E-state index in [-0.39, 0.29) is 6.61 Å². The van der Waals surface area contributed by atoms with Crippen LogP contribution in [0.1, 0.15) is 12.0 Å². The maximum absolute atomic E-state index is 10.4. The van der Waals surface area contributed by atoms with Gasteiger partial charge in [0.2, 0.25) is 0 Å².